The molecule has 112 valence electrons. The summed E-state index contributed by atoms with van der Waals surface area (Å²) in [5.41, 5.74) is -0.249. The fourth-order valence-electron chi connectivity index (χ4n) is 1.46. The molecule has 8 heteroatoms. The summed E-state index contributed by atoms with van der Waals surface area (Å²) in [6.07, 6.45) is -4.68. The molecule has 0 aliphatic heterocycles. The second-order valence-corrected chi connectivity index (χ2v) is 3.92. The number of halogens is 4. The number of hydrogen-bond acceptors (Lipinski definition) is 2. The molecule has 1 atom stereocenters. The Hall–Kier alpha value is -1.83. The monoisotopic (exact) mass is 294 g/mol. The van der Waals surface area contributed by atoms with Gasteiger partial charge in [-0.3, -0.25) is 0 Å². The van der Waals surface area contributed by atoms with E-state index in [-0.39, 0.29) is 18.7 Å². The van der Waals surface area contributed by atoms with Gasteiger partial charge in [0.25, 0.3) is 0 Å². The number of carbonyl (C=O) groups is 1. The van der Waals surface area contributed by atoms with Crippen molar-refractivity contribution in [1.82, 2.24) is 10.6 Å². The van der Waals surface area contributed by atoms with Gasteiger partial charge in [-0.1, -0.05) is 12.1 Å². The van der Waals surface area contributed by atoms with Crippen LogP contribution in [0.3, 0.4) is 0 Å². The molecule has 0 unspecified atom stereocenters. The average Bonchev–Trinajstić information content (AvgIpc) is 2.36. The van der Waals surface area contributed by atoms with Gasteiger partial charge in [-0.2, -0.15) is 13.2 Å². The highest BCUT2D eigenvalue weighted by Gasteiger charge is 2.41. The second kappa shape index (κ2) is 7.09. The smallest absolute Gasteiger partial charge is 0.383 e. The van der Waals surface area contributed by atoms with Crippen LogP contribution in [-0.2, 0) is 4.74 Å². The third kappa shape index (κ3) is 5.04. The largest absolute Gasteiger partial charge is 0.412 e. The van der Waals surface area contributed by atoms with E-state index in [4.69, 9.17) is 0 Å². The van der Waals surface area contributed by atoms with Crippen LogP contribution in [0.4, 0.5) is 22.4 Å². The summed E-state index contributed by atoms with van der Waals surface area (Å²) >= 11 is 0. The average molecular weight is 294 g/mol. The number of carbonyl (C=O) groups excluding carboxylic acids is 1. The number of amides is 2. The molecule has 0 aliphatic carbocycles. The first-order chi connectivity index (χ1) is 9.34. The normalized spacial score (nSPS) is 12.8. The summed E-state index contributed by atoms with van der Waals surface area (Å²) in [4.78, 5) is 11.4. The van der Waals surface area contributed by atoms with Crippen molar-refractivity contribution >= 4 is 6.03 Å². The van der Waals surface area contributed by atoms with Crippen LogP contribution >= 0.6 is 0 Å². The second-order valence-electron chi connectivity index (χ2n) is 3.92. The van der Waals surface area contributed by atoms with Crippen LogP contribution in [0.2, 0.25) is 0 Å². The minimum absolute atomic E-state index is 0.0797. The number of alkyl halides is 3. The Morgan fingerprint density at radius 1 is 1.30 bits per heavy atom. The lowest BCUT2D eigenvalue weighted by Crippen LogP contribution is -2.44. The molecule has 1 aromatic rings. The van der Waals surface area contributed by atoms with E-state index in [1.807, 2.05) is 0 Å². The molecule has 1 aromatic carbocycles. The van der Waals surface area contributed by atoms with Crippen LogP contribution in [0.5, 0.6) is 0 Å². The Labute approximate surface area is 113 Å². The lowest BCUT2D eigenvalue weighted by Gasteiger charge is -2.22. The summed E-state index contributed by atoms with van der Waals surface area (Å²) in [6, 6.07) is 0.572. The Bertz CT molecular complexity index is 434. The third-order valence-electron chi connectivity index (χ3n) is 2.40. The van der Waals surface area contributed by atoms with Crippen LogP contribution in [-0.4, -0.2) is 32.5 Å². The highest BCUT2D eigenvalue weighted by Crippen LogP contribution is 2.32. The van der Waals surface area contributed by atoms with Crippen LogP contribution in [0.15, 0.2) is 24.3 Å². The van der Waals surface area contributed by atoms with Crippen LogP contribution in [0.25, 0.3) is 0 Å². The molecule has 0 aromatic heterocycles. The van der Waals surface area contributed by atoms with Gasteiger partial charge in [0.05, 0.1) is 6.61 Å². The maximum atomic E-state index is 12.9. The minimum atomic E-state index is -4.68. The predicted molar refractivity (Wildman–Crippen MR) is 63.6 cm³/mol. The number of nitrogens with one attached hydrogen (secondary N) is 2. The number of rotatable bonds is 5. The number of benzene rings is 1. The van der Waals surface area contributed by atoms with Gasteiger partial charge in [0.15, 0.2) is 6.04 Å². The van der Waals surface area contributed by atoms with Crippen molar-refractivity contribution in [1.29, 1.82) is 0 Å². The van der Waals surface area contributed by atoms with Crippen LogP contribution in [0.1, 0.15) is 11.6 Å². The number of urea groups is 1. The quantitative estimate of drug-likeness (QED) is 0.647. The summed E-state index contributed by atoms with van der Waals surface area (Å²) in [7, 11) is 1.40. The van der Waals surface area contributed by atoms with E-state index in [9.17, 15) is 22.4 Å². The molecule has 2 amide bonds. The first kappa shape index (κ1) is 16.2. The fraction of sp³-hybridized carbons (Fsp3) is 0.417. The van der Waals surface area contributed by atoms with Gasteiger partial charge in [-0.25, -0.2) is 9.18 Å². The standard InChI is InChI=1S/C12H14F4N2O2/c1-20-7-6-17-11(19)18-10(12(14,15)16)8-2-4-9(13)5-3-8/h2-5,10H,6-7H2,1H3,(H2,17,18,19)/t10-/m1/s1. The molecular formula is C12H14F4N2O2. The topological polar surface area (TPSA) is 50.4 Å². The van der Waals surface area contributed by atoms with Gasteiger partial charge in [0, 0.05) is 13.7 Å². The lowest BCUT2D eigenvalue weighted by molar-refractivity contribution is -0.154. The van der Waals surface area contributed by atoms with Crippen LogP contribution < -0.4 is 10.6 Å². The number of hydrogen-bond donors (Lipinski definition) is 2. The lowest BCUT2D eigenvalue weighted by atomic mass is 10.1. The fourth-order valence-corrected chi connectivity index (χ4v) is 1.46. The first-order valence-corrected chi connectivity index (χ1v) is 5.70. The highest BCUT2D eigenvalue weighted by molar-refractivity contribution is 5.74. The molecular weight excluding hydrogens is 280 g/mol. The van der Waals surface area contributed by atoms with E-state index in [1.54, 1.807) is 5.32 Å². The van der Waals surface area contributed by atoms with Gasteiger partial charge in [0.2, 0.25) is 0 Å². The van der Waals surface area contributed by atoms with Crippen molar-refractivity contribution in [3.05, 3.63) is 35.6 Å². The summed E-state index contributed by atoms with van der Waals surface area (Å²) < 4.78 is 56.1. The first-order valence-electron chi connectivity index (χ1n) is 5.70. The zero-order valence-corrected chi connectivity index (χ0v) is 10.6. The molecule has 0 aliphatic rings. The molecule has 0 bridgehead atoms. The maximum absolute atomic E-state index is 12.9. The van der Waals surface area contributed by atoms with Crippen molar-refractivity contribution < 1.29 is 27.1 Å². The SMILES string of the molecule is COCCNC(=O)N[C@H](c1ccc(F)cc1)C(F)(F)F. The van der Waals surface area contributed by atoms with Crippen molar-refractivity contribution in [2.24, 2.45) is 0 Å². The Kier molecular flexibility index (Phi) is 5.75. The van der Waals surface area contributed by atoms with Gasteiger partial charge in [-0.05, 0) is 17.7 Å². The van der Waals surface area contributed by atoms with E-state index >= 15 is 0 Å². The summed E-state index contributed by atoms with van der Waals surface area (Å²) in [5, 5.41) is 4.02. The molecule has 0 radical (unpaired) electrons. The van der Waals surface area contributed by atoms with Crippen molar-refractivity contribution in [2.45, 2.75) is 12.2 Å². The molecule has 0 spiro atoms. The molecule has 0 saturated heterocycles. The van der Waals surface area contributed by atoms with Gasteiger partial charge in [0.1, 0.15) is 5.82 Å². The van der Waals surface area contributed by atoms with Crippen molar-refractivity contribution in [3.63, 3.8) is 0 Å². The number of ether oxygens (including phenoxy) is 1. The highest BCUT2D eigenvalue weighted by atomic mass is 19.4. The van der Waals surface area contributed by atoms with E-state index in [0.29, 0.717) is 0 Å². The molecule has 0 heterocycles. The Morgan fingerprint density at radius 3 is 2.40 bits per heavy atom. The Morgan fingerprint density at radius 2 is 1.90 bits per heavy atom. The molecule has 20 heavy (non-hydrogen) atoms. The van der Waals surface area contributed by atoms with Crippen LogP contribution in [0, 0.1) is 5.82 Å². The zero-order chi connectivity index (χ0) is 15.2. The number of methoxy groups -OCH3 is 1. The molecule has 2 N–H and O–H groups in total. The molecule has 1 rings (SSSR count). The van der Waals surface area contributed by atoms with Crippen molar-refractivity contribution in [3.8, 4) is 0 Å². The van der Waals surface area contributed by atoms with E-state index in [0.717, 1.165) is 24.3 Å². The minimum Gasteiger partial charge on any atom is -0.383 e. The van der Waals surface area contributed by atoms with Gasteiger partial charge in [-0.15, -0.1) is 0 Å². The molecule has 0 fully saturated rings. The molecule has 4 nitrogen and oxygen atoms in total. The predicted octanol–water partition coefficient (Wildman–Crippen LogP) is 2.37. The van der Waals surface area contributed by atoms with Gasteiger partial charge >= 0.3 is 12.2 Å². The zero-order valence-electron chi connectivity index (χ0n) is 10.6. The maximum Gasteiger partial charge on any atom is 0.412 e. The van der Waals surface area contributed by atoms with E-state index < -0.39 is 24.1 Å². The van der Waals surface area contributed by atoms with E-state index in [1.165, 1.54) is 7.11 Å². The summed E-state index contributed by atoms with van der Waals surface area (Å²) in [6.45, 7) is 0.261. The summed E-state index contributed by atoms with van der Waals surface area (Å²) in [5.74, 6) is -0.653. The van der Waals surface area contributed by atoms with Gasteiger partial charge < -0.3 is 15.4 Å². The Balaban J connectivity index is 2.76. The van der Waals surface area contributed by atoms with E-state index in [2.05, 4.69) is 10.1 Å². The van der Waals surface area contributed by atoms with Crippen molar-refractivity contribution in [2.75, 3.05) is 20.3 Å². The third-order valence-corrected chi connectivity index (χ3v) is 2.40. The molecule has 0 saturated carbocycles.